The van der Waals surface area contributed by atoms with E-state index in [-0.39, 0.29) is 34.5 Å². The Morgan fingerprint density at radius 1 is 0.209 bits per heavy atom. The lowest BCUT2D eigenvalue weighted by Crippen LogP contribution is -2.78. The summed E-state index contributed by atoms with van der Waals surface area (Å²) in [6.45, 7) is 15.1. The molecule has 0 unspecified atom stereocenters. The Kier molecular flexibility index (Phi) is 23.6. The number of halogens is 3. The number of allylic oxidation sites excluding steroid dienone is 4. The molecule has 0 fully saturated rings. The highest BCUT2D eigenvalue weighted by Crippen LogP contribution is 2.44. The summed E-state index contributed by atoms with van der Waals surface area (Å²) in [4.78, 5) is 32.7. The van der Waals surface area contributed by atoms with Crippen molar-refractivity contribution in [2.24, 2.45) is 0 Å². The molecule has 19 aromatic rings. The first kappa shape index (κ1) is 89.7. The maximum Gasteiger partial charge on any atom is 0.361 e. The van der Waals surface area contributed by atoms with Crippen LogP contribution in [0.5, 0.6) is 0 Å². The van der Waals surface area contributed by atoms with Crippen LogP contribution in [0.15, 0.2) is 443 Å². The van der Waals surface area contributed by atoms with E-state index in [1.165, 1.54) is 188 Å². The van der Waals surface area contributed by atoms with E-state index >= 15 is 0 Å². The van der Waals surface area contributed by atoms with Crippen LogP contribution in [0, 0.1) is 68.6 Å². The highest BCUT2D eigenvalue weighted by Gasteiger charge is 2.55. The number of nitrogens with zero attached hydrogens (tertiary/aromatic N) is 7. The van der Waals surface area contributed by atoms with Gasteiger partial charge in [0.2, 0.25) is 0 Å². The van der Waals surface area contributed by atoms with E-state index in [9.17, 15) is 43.5 Å². The number of benzene rings is 15. The van der Waals surface area contributed by atoms with Gasteiger partial charge >= 0.3 is 25.1 Å². The zero-order chi connectivity index (χ0) is 96.2. The molecule has 0 spiro atoms. The molecule has 23 rings (SSSR count). The van der Waals surface area contributed by atoms with E-state index in [4.69, 9.17) is 0 Å². The molecule has 20 heteroatoms. The molecule has 0 N–H and O–H groups in total. The molecular formula is C119H94B4F3N7O6. The predicted octanol–water partition coefficient (Wildman–Crippen LogP) is 20.8. The van der Waals surface area contributed by atoms with Crippen LogP contribution in [0.2, 0.25) is 0 Å². The summed E-state index contributed by atoms with van der Waals surface area (Å²) in [5.41, 5.74) is 30.3. The Bertz CT molecular complexity index is 7820. The van der Waals surface area contributed by atoms with Gasteiger partial charge in [-0.2, -0.15) is 0 Å². The number of aromatic nitrogens is 4. The number of fused-ring (bicyclic) bond motifs is 7. The van der Waals surface area contributed by atoms with Gasteiger partial charge in [-0.3, -0.25) is 30.3 Å². The Morgan fingerprint density at radius 3 is 0.712 bits per heavy atom. The number of aryl methyl sites for hydroxylation is 3. The van der Waals surface area contributed by atoms with Gasteiger partial charge < -0.3 is 17.9 Å². The molecule has 0 radical (unpaired) electrons. The summed E-state index contributed by atoms with van der Waals surface area (Å²) in [5.74, 6) is -0.963. The fourth-order valence-electron chi connectivity index (χ4n) is 23.4. The average Bonchev–Trinajstić information content (AvgIpc) is 1.52. The first-order valence-electron chi connectivity index (χ1n) is 46.8. The van der Waals surface area contributed by atoms with Crippen molar-refractivity contribution in [3.63, 3.8) is 0 Å². The van der Waals surface area contributed by atoms with E-state index in [0.717, 1.165) is 66.5 Å². The van der Waals surface area contributed by atoms with E-state index in [0.29, 0.717) is 0 Å². The molecule has 4 aliphatic rings. The minimum atomic E-state index is -2.04. The largest absolute Gasteiger partial charge is 0.408 e. The van der Waals surface area contributed by atoms with Crippen LogP contribution in [0.1, 0.15) is 89.4 Å². The third kappa shape index (κ3) is 15.4. The van der Waals surface area contributed by atoms with E-state index in [2.05, 4.69) is 302 Å². The molecular weight excluding hydrogens is 1720 g/mol. The fraction of sp³-hybridized carbons (Fsp3) is 0.0588. The van der Waals surface area contributed by atoms with Crippen molar-refractivity contribution >= 4 is 162 Å². The summed E-state index contributed by atoms with van der Waals surface area (Å²) >= 11 is 0. The lowest BCUT2D eigenvalue weighted by molar-refractivity contribution is -0.539. The second-order valence-corrected chi connectivity index (χ2v) is 37.0. The van der Waals surface area contributed by atoms with E-state index in [1.54, 1.807) is 72.8 Å². The van der Waals surface area contributed by atoms with Crippen LogP contribution in [0.4, 0.5) is 30.2 Å². The molecule has 0 aliphatic carbocycles. The predicted molar refractivity (Wildman–Crippen MR) is 562 cm³/mol. The van der Waals surface area contributed by atoms with Gasteiger partial charge in [-0.15, -0.1) is 65.6 Å². The molecule has 0 atom stereocenters. The van der Waals surface area contributed by atoms with Gasteiger partial charge in [0.15, 0.2) is 22.8 Å². The summed E-state index contributed by atoms with van der Waals surface area (Å²) in [5, 5.41) is 41.7. The number of non-ortho nitro benzene ring substituents is 3. The van der Waals surface area contributed by atoms with Crippen LogP contribution in [0.3, 0.4) is 0 Å². The number of hydrogen-bond donors (Lipinski definition) is 0. The summed E-state index contributed by atoms with van der Waals surface area (Å²) in [6.07, 6.45) is 1.72. The smallest absolute Gasteiger partial charge is 0.361 e. The Morgan fingerprint density at radius 2 is 0.410 bits per heavy atom. The van der Waals surface area contributed by atoms with Gasteiger partial charge in [0.25, 0.3) is 17.1 Å². The molecule has 139 heavy (non-hydrogen) atoms. The highest BCUT2D eigenvalue weighted by molar-refractivity contribution is 7.13. The Hall–Kier alpha value is -17.1. The molecule has 4 aliphatic heterocycles. The number of hydrogen-bond acceptors (Lipinski definition) is 6. The maximum absolute atomic E-state index is 13.9. The monoisotopic (exact) mass is 1820 g/mol. The second kappa shape index (κ2) is 36.6. The molecule has 8 heterocycles. The molecule has 0 amide bonds. The molecule has 674 valence electrons. The third-order valence-corrected chi connectivity index (χ3v) is 29.5. The second-order valence-electron chi connectivity index (χ2n) is 37.0. The van der Waals surface area contributed by atoms with Crippen LogP contribution in [-0.2, 0) is 0 Å². The molecule has 0 saturated carbocycles. The molecule has 0 bridgehead atoms. The normalized spacial score (nSPS) is 14.3. The first-order chi connectivity index (χ1) is 67.5. The van der Waals surface area contributed by atoms with E-state index in [1.807, 2.05) is 62.6 Å². The van der Waals surface area contributed by atoms with Gasteiger partial charge in [-0.25, -0.2) is 13.2 Å². The SMILES string of the molecule is CC1=C(c2ccc(C)cc2)[B-](c2ccc(C)cc2)(c2ccc(C)cc2)[n+]2ccccc21.CC1=C(c2ccc(F)cc2)[B-](c2ccc(F)cc2)(c2ccc(F)cc2)[n+]2ccccc21.CC1=C(c2ccc([N+](=O)[O-])cc2)[B-](c2ccc([N+](=O)[O-])cc2)(c2ccc([N+](=O)[O-])cc2)[n+]2ccccc21.CC1=C(c2ccc3ccccc3c2)[B-](c2ccc3ccccc3c2)(c2ccc3ccccc3c2)[n+]2ccccc21. The first-order valence-corrected chi connectivity index (χ1v) is 46.8. The molecule has 4 aromatic heterocycles. The molecule has 0 saturated heterocycles. The van der Waals surface area contributed by atoms with Crippen LogP contribution in [0.25, 0.3) is 76.5 Å². The number of nitro benzene ring substituents is 3. The minimum Gasteiger partial charge on any atom is -0.408 e. The lowest BCUT2D eigenvalue weighted by Gasteiger charge is -2.36. The van der Waals surface area contributed by atoms with Crippen molar-refractivity contribution in [3.05, 3.63) is 553 Å². The standard InChI is InChI=1S/C38H28BN.C29H28BN.C26H19BF3N.C26H19BN4O6/c1-27-37-16-8-9-23-40(37)39(35-21-19-29-11-3-6-14-32(29)25-35,36-22-20-30-12-4-7-15-33(30)26-36)38(27)34-18-17-28-10-2-5-13-31(28)24-34;1-21-8-14-25(15-9-21)29-24(4)28-7-5-6-20-31(28)30(29,26-16-10-22(2)11-17-26)27-18-12-23(3)13-19-27;1-18-25-4-2-3-17-31(25)27(20-7-13-23(29)14-8-20,21-9-15-24(30)16-10-21)26(18)19-5-11-22(28)12-6-19;1-18-25-4-2-3-17-28(25)27(20-7-13-23(14-8-20)30(34)35,21-9-15-24(16-10-21)31(36)37)26(18)19-5-11-22(12-6-19)29(32)33/h2-26H,1H3;5-20H,1-4H3;2-17H,1H3;2-17H,1H3. The topological polar surface area (TPSA) is 145 Å². The maximum atomic E-state index is 13.9. The highest BCUT2D eigenvalue weighted by atomic mass is 19.1. The van der Waals surface area contributed by atoms with Gasteiger partial charge in [-0.1, -0.05) is 330 Å². The number of nitro groups is 3. The quantitative estimate of drug-likeness (QED) is 0.0568. The van der Waals surface area contributed by atoms with Crippen LogP contribution in [-0.4, -0.2) is 39.9 Å². The van der Waals surface area contributed by atoms with Crippen molar-refractivity contribution in [2.75, 3.05) is 0 Å². The minimum absolute atomic E-state index is 0.0473. The Balaban J connectivity index is 0.000000115. The van der Waals surface area contributed by atoms with Crippen molar-refractivity contribution in [3.8, 4) is 0 Å². The van der Waals surface area contributed by atoms with Crippen molar-refractivity contribution in [2.45, 2.75) is 48.5 Å². The molecule has 13 nitrogen and oxygen atoms in total. The van der Waals surface area contributed by atoms with Crippen molar-refractivity contribution < 1.29 is 45.9 Å². The van der Waals surface area contributed by atoms with Crippen LogP contribution >= 0.6 is 0 Å². The number of pyridine rings is 4. The van der Waals surface area contributed by atoms with Gasteiger partial charge in [0, 0.05) is 60.7 Å². The van der Waals surface area contributed by atoms with Crippen molar-refractivity contribution in [1.29, 1.82) is 0 Å². The summed E-state index contributed by atoms with van der Waals surface area (Å²) < 4.78 is 50.9. The Labute approximate surface area is 804 Å². The zero-order valence-electron chi connectivity index (χ0n) is 77.7. The van der Waals surface area contributed by atoms with Crippen molar-refractivity contribution in [1.82, 2.24) is 0 Å². The third-order valence-electron chi connectivity index (χ3n) is 29.5. The van der Waals surface area contributed by atoms with Gasteiger partial charge in [0.05, 0.1) is 14.8 Å². The number of rotatable bonds is 15. The van der Waals surface area contributed by atoms with Gasteiger partial charge in [-0.05, 0) is 170 Å². The van der Waals surface area contributed by atoms with E-state index < -0.39 is 39.9 Å². The average molecular weight is 1820 g/mol. The van der Waals surface area contributed by atoms with Gasteiger partial charge in [0.1, 0.15) is 42.2 Å². The summed E-state index contributed by atoms with van der Waals surface area (Å²) in [7, 11) is 0. The molecule has 15 aromatic carbocycles. The lowest BCUT2D eigenvalue weighted by atomic mass is 9.23. The zero-order valence-corrected chi connectivity index (χ0v) is 77.7. The fourth-order valence-corrected chi connectivity index (χ4v) is 23.4. The summed E-state index contributed by atoms with van der Waals surface area (Å²) in [6, 6.07) is 138. The van der Waals surface area contributed by atoms with Crippen LogP contribution < -0.4 is 61.6 Å².